The molecule has 120 valence electrons. The Bertz CT molecular complexity index is 744. The van der Waals surface area contributed by atoms with Crippen LogP contribution in [0, 0.1) is 6.92 Å². The third-order valence-electron chi connectivity index (χ3n) is 3.50. The topological polar surface area (TPSA) is 71.5 Å². The molecule has 7 heteroatoms. The Balaban J connectivity index is 1.67. The molecule has 2 amide bonds. The first kappa shape index (κ1) is 15.5. The van der Waals surface area contributed by atoms with Gasteiger partial charge in [0.05, 0.1) is 11.4 Å². The van der Waals surface area contributed by atoms with E-state index in [0.717, 1.165) is 5.69 Å². The number of amides is 2. The molecule has 0 aliphatic carbocycles. The van der Waals surface area contributed by atoms with Gasteiger partial charge in [-0.1, -0.05) is 12.1 Å². The number of nitrogens with zero attached hydrogens (tertiary/aromatic N) is 2. The highest BCUT2D eigenvalue weighted by atomic mass is 32.1. The van der Waals surface area contributed by atoms with Crippen molar-refractivity contribution in [3.05, 3.63) is 35.3 Å². The Morgan fingerprint density at radius 3 is 2.96 bits per heavy atom. The van der Waals surface area contributed by atoms with Crippen molar-refractivity contribution in [2.45, 2.75) is 26.4 Å². The van der Waals surface area contributed by atoms with Gasteiger partial charge in [-0.2, -0.15) is 0 Å². The maximum Gasteiger partial charge on any atom is 0.267 e. The van der Waals surface area contributed by atoms with E-state index in [2.05, 4.69) is 10.3 Å². The van der Waals surface area contributed by atoms with E-state index >= 15 is 0 Å². The number of thiazole rings is 1. The Labute approximate surface area is 138 Å². The molecule has 1 N–H and O–H groups in total. The van der Waals surface area contributed by atoms with Crippen LogP contribution < -0.4 is 15.0 Å². The fourth-order valence-electron chi connectivity index (χ4n) is 2.40. The first-order valence-electron chi connectivity index (χ1n) is 7.33. The van der Waals surface area contributed by atoms with E-state index in [1.54, 1.807) is 11.8 Å². The maximum atomic E-state index is 12.3. The van der Waals surface area contributed by atoms with Gasteiger partial charge in [-0.15, -0.1) is 11.3 Å². The zero-order valence-electron chi connectivity index (χ0n) is 12.9. The minimum Gasteiger partial charge on any atom is -0.479 e. The Morgan fingerprint density at radius 1 is 1.43 bits per heavy atom. The lowest BCUT2D eigenvalue weighted by Gasteiger charge is -2.32. The Morgan fingerprint density at radius 2 is 2.22 bits per heavy atom. The molecule has 0 fully saturated rings. The summed E-state index contributed by atoms with van der Waals surface area (Å²) in [4.78, 5) is 30.2. The van der Waals surface area contributed by atoms with Crippen LogP contribution in [0.4, 0.5) is 10.8 Å². The van der Waals surface area contributed by atoms with Crippen molar-refractivity contribution in [1.29, 1.82) is 0 Å². The van der Waals surface area contributed by atoms with Crippen LogP contribution in [0.5, 0.6) is 5.75 Å². The predicted octanol–water partition coefficient (Wildman–Crippen LogP) is 2.59. The second-order valence-corrected chi connectivity index (χ2v) is 6.17. The van der Waals surface area contributed by atoms with E-state index in [0.29, 0.717) is 23.1 Å². The highest BCUT2D eigenvalue weighted by molar-refractivity contribution is 7.13. The van der Waals surface area contributed by atoms with E-state index in [4.69, 9.17) is 4.74 Å². The Kier molecular flexibility index (Phi) is 4.29. The number of nitrogens with one attached hydrogen (secondary N) is 1. The molecule has 0 saturated heterocycles. The molecule has 1 aliphatic heterocycles. The molecule has 0 saturated carbocycles. The first-order valence-corrected chi connectivity index (χ1v) is 8.21. The molecule has 2 aromatic rings. The van der Waals surface area contributed by atoms with E-state index in [-0.39, 0.29) is 18.2 Å². The number of fused-ring (bicyclic) bond motifs is 1. The molecular weight excluding hydrogens is 314 g/mol. The monoisotopic (exact) mass is 331 g/mol. The lowest BCUT2D eigenvalue weighted by atomic mass is 10.1. The Hall–Kier alpha value is -2.41. The number of rotatable bonds is 4. The number of para-hydroxylation sites is 2. The molecule has 2 heterocycles. The number of hydrogen-bond acceptors (Lipinski definition) is 5. The van der Waals surface area contributed by atoms with Crippen LogP contribution in [0.15, 0.2) is 29.6 Å². The van der Waals surface area contributed by atoms with Crippen LogP contribution in [0.25, 0.3) is 0 Å². The molecule has 0 bridgehead atoms. The number of benzene rings is 1. The molecule has 1 unspecified atom stereocenters. The maximum absolute atomic E-state index is 12.3. The van der Waals surface area contributed by atoms with Gasteiger partial charge >= 0.3 is 0 Å². The molecule has 1 atom stereocenters. The highest BCUT2D eigenvalue weighted by Crippen LogP contribution is 2.33. The number of aromatic nitrogens is 1. The van der Waals surface area contributed by atoms with Gasteiger partial charge in [-0.25, -0.2) is 4.98 Å². The van der Waals surface area contributed by atoms with E-state index in [1.165, 1.54) is 11.3 Å². The number of ether oxygens (including phenoxy) is 1. The van der Waals surface area contributed by atoms with Gasteiger partial charge in [0.1, 0.15) is 5.75 Å². The van der Waals surface area contributed by atoms with Crippen LogP contribution in [0.3, 0.4) is 0 Å². The molecule has 3 rings (SSSR count). The van der Waals surface area contributed by atoms with Crippen molar-refractivity contribution in [3.63, 3.8) is 0 Å². The van der Waals surface area contributed by atoms with Crippen molar-refractivity contribution in [2.24, 2.45) is 0 Å². The molecule has 0 spiro atoms. The van der Waals surface area contributed by atoms with Crippen molar-refractivity contribution in [1.82, 2.24) is 4.98 Å². The summed E-state index contributed by atoms with van der Waals surface area (Å²) >= 11 is 1.39. The summed E-state index contributed by atoms with van der Waals surface area (Å²) in [5, 5.41) is 5.20. The SMILES string of the molecule is Cc1csc(NC(=O)CCN2C(=O)C(C)Oc3ccccc32)n1. The van der Waals surface area contributed by atoms with Crippen LogP contribution >= 0.6 is 11.3 Å². The van der Waals surface area contributed by atoms with Crippen LogP contribution in [-0.2, 0) is 9.59 Å². The number of anilines is 2. The van der Waals surface area contributed by atoms with Crippen LogP contribution in [-0.4, -0.2) is 29.4 Å². The smallest absolute Gasteiger partial charge is 0.267 e. The number of hydrogen-bond donors (Lipinski definition) is 1. The number of aryl methyl sites for hydroxylation is 1. The van der Waals surface area contributed by atoms with Gasteiger partial charge in [0.15, 0.2) is 11.2 Å². The zero-order valence-corrected chi connectivity index (χ0v) is 13.7. The normalized spacial score (nSPS) is 16.7. The molecule has 23 heavy (non-hydrogen) atoms. The van der Waals surface area contributed by atoms with Gasteiger partial charge in [0, 0.05) is 18.3 Å². The van der Waals surface area contributed by atoms with Gasteiger partial charge in [-0.05, 0) is 26.0 Å². The summed E-state index contributed by atoms with van der Waals surface area (Å²) in [5.74, 6) is 0.362. The molecule has 0 radical (unpaired) electrons. The predicted molar refractivity (Wildman–Crippen MR) is 89.0 cm³/mol. The van der Waals surface area contributed by atoms with Crippen molar-refractivity contribution in [2.75, 3.05) is 16.8 Å². The fraction of sp³-hybridized carbons (Fsp3) is 0.312. The quantitative estimate of drug-likeness (QED) is 0.935. The zero-order chi connectivity index (χ0) is 16.4. The summed E-state index contributed by atoms with van der Waals surface area (Å²) in [5.41, 5.74) is 1.57. The summed E-state index contributed by atoms with van der Waals surface area (Å²) in [7, 11) is 0. The highest BCUT2D eigenvalue weighted by Gasteiger charge is 2.31. The van der Waals surface area contributed by atoms with Crippen molar-refractivity contribution < 1.29 is 14.3 Å². The molecular formula is C16H17N3O3S. The van der Waals surface area contributed by atoms with Gasteiger partial charge in [0.25, 0.3) is 5.91 Å². The molecule has 6 nitrogen and oxygen atoms in total. The van der Waals surface area contributed by atoms with E-state index in [1.807, 2.05) is 36.6 Å². The first-order chi connectivity index (χ1) is 11.0. The second-order valence-electron chi connectivity index (χ2n) is 5.31. The molecule has 1 aromatic carbocycles. The average molecular weight is 331 g/mol. The standard InChI is InChI=1S/C16H17N3O3S/c1-10-9-23-16(17-10)18-14(20)7-8-19-12-5-3-4-6-13(12)22-11(2)15(19)21/h3-6,9,11H,7-8H2,1-2H3,(H,17,18,20). The fourth-order valence-corrected chi connectivity index (χ4v) is 3.10. The largest absolute Gasteiger partial charge is 0.479 e. The summed E-state index contributed by atoms with van der Waals surface area (Å²) in [6, 6.07) is 7.35. The van der Waals surface area contributed by atoms with Crippen molar-refractivity contribution >= 4 is 34.0 Å². The summed E-state index contributed by atoms with van der Waals surface area (Å²) in [6.07, 6.45) is -0.347. The number of carbonyl (C=O) groups is 2. The third kappa shape index (κ3) is 3.34. The summed E-state index contributed by atoms with van der Waals surface area (Å²) < 4.78 is 5.58. The third-order valence-corrected chi connectivity index (χ3v) is 4.38. The second kappa shape index (κ2) is 6.37. The number of carbonyl (C=O) groups excluding carboxylic acids is 2. The molecule has 1 aliphatic rings. The van der Waals surface area contributed by atoms with Crippen LogP contribution in [0.1, 0.15) is 19.0 Å². The molecule has 1 aromatic heterocycles. The lowest BCUT2D eigenvalue weighted by molar-refractivity contribution is -0.125. The van der Waals surface area contributed by atoms with Gasteiger partial charge in [0.2, 0.25) is 5.91 Å². The van der Waals surface area contributed by atoms with E-state index in [9.17, 15) is 9.59 Å². The van der Waals surface area contributed by atoms with Crippen LogP contribution in [0.2, 0.25) is 0 Å². The van der Waals surface area contributed by atoms with E-state index < -0.39 is 6.10 Å². The van der Waals surface area contributed by atoms with Crippen molar-refractivity contribution in [3.8, 4) is 5.75 Å². The van der Waals surface area contributed by atoms with Gasteiger partial charge in [-0.3, -0.25) is 9.59 Å². The summed E-state index contributed by atoms with van der Waals surface area (Å²) in [6.45, 7) is 3.89. The minimum atomic E-state index is -0.547. The van der Waals surface area contributed by atoms with Gasteiger partial charge < -0.3 is 15.0 Å². The lowest BCUT2D eigenvalue weighted by Crippen LogP contribution is -2.45. The average Bonchev–Trinajstić information content (AvgIpc) is 2.93. The minimum absolute atomic E-state index is 0.137.